The summed E-state index contributed by atoms with van der Waals surface area (Å²) in [7, 11) is 0. The fraction of sp³-hybridized carbons (Fsp3) is 0.583. The Hall–Kier alpha value is -1.25. The van der Waals surface area contributed by atoms with Crippen molar-refractivity contribution < 1.29 is 14.4 Å². The monoisotopic (exact) mass is 206 g/mol. The summed E-state index contributed by atoms with van der Waals surface area (Å²) in [5.41, 5.74) is 0. The number of hydrogen-bond acceptors (Lipinski definition) is 3. The number of rotatable bonds is 3. The van der Waals surface area contributed by atoms with Gasteiger partial charge in [-0.15, -0.1) is 0 Å². The Labute approximate surface area is 88.5 Å². The molecule has 0 aromatic heterocycles. The molecule has 3 atom stereocenters. The van der Waals surface area contributed by atoms with Gasteiger partial charge in [-0.3, -0.25) is 14.4 Å². The summed E-state index contributed by atoms with van der Waals surface area (Å²) in [5.74, 6) is -0.322. The van der Waals surface area contributed by atoms with Crippen molar-refractivity contribution >= 4 is 17.3 Å². The molecule has 2 rings (SSSR count). The molecule has 2 aliphatic rings. The normalized spacial score (nSPS) is 32.7. The lowest BCUT2D eigenvalue weighted by Gasteiger charge is -2.35. The van der Waals surface area contributed by atoms with Gasteiger partial charge in [-0.05, 0) is 25.7 Å². The number of carbonyl (C=O) groups is 3. The van der Waals surface area contributed by atoms with Gasteiger partial charge in [0, 0.05) is 12.3 Å². The largest absolute Gasteiger partial charge is 0.299 e. The van der Waals surface area contributed by atoms with E-state index in [1.165, 1.54) is 13.8 Å². The van der Waals surface area contributed by atoms with E-state index in [1.54, 1.807) is 0 Å². The Morgan fingerprint density at radius 3 is 2.27 bits per heavy atom. The molecule has 3 nitrogen and oxygen atoms in total. The predicted octanol–water partition coefficient (Wildman–Crippen LogP) is 1.17. The molecule has 1 saturated carbocycles. The minimum atomic E-state index is -0.538. The highest BCUT2D eigenvalue weighted by Gasteiger charge is 2.49. The summed E-state index contributed by atoms with van der Waals surface area (Å²) in [6.45, 7) is 2.90. The lowest BCUT2D eigenvalue weighted by Crippen LogP contribution is -2.41. The first kappa shape index (κ1) is 10.3. The highest BCUT2D eigenvalue weighted by atomic mass is 16.2. The molecule has 1 fully saturated rings. The fourth-order valence-electron chi connectivity index (χ4n) is 2.78. The molecule has 0 aliphatic heterocycles. The van der Waals surface area contributed by atoms with E-state index in [2.05, 4.69) is 0 Å². The van der Waals surface area contributed by atoms with Gasteiger partial charge >= 0.3 is 0 Å². The van der Waals surface area contributed by atoms with Crippen LogP contribution in [-0.4, -0.2) is 17.3 Å². The molecule has 0 amide bonds. The Kier molecular flexibility index (Phi) is 2.33. The van der Waals surface area contributed by atoms with Crippen LogP contribution in [0.3, 0.4) is 0 Å². The summed E-state index contributed by atoms with van der Waals surface area (Å²) < 4.78 is 0. The summed E-state index contributed by atoms with van der Waals surface area (Å²) in [6, 6.07) is 0. The van der Waals surface area contributed by atoms with Crippen LogP contribution < -0.4 is 0 Å². The molecule has 0 heterocycles. The van der Waals surface area contributed by atoms with Crippen LogP contribution in [0.1, 0.15) is 20.3 Å². The topological polar surface area (TPSA) is 51.2 Å². The first-order valence-corrected chi connectivity index (χ1v) is 5.24. The van der Waals surface area contributed by atoms with E-state index in [0.29, 0.717) is 6.42 Å². The maximum atomic E-state index is 11.4. The lowest BCUT2D eigenvalue weighted by molar-refractivity contribution is -0.139. The molecule has 0 saturated heterocycles. The number of carbonyl (C=O) groups excluding carboxylic acids is 3. The van der Waals surface area contributed by atoms with Gasteiger partial charge in [0.05, 0.1) is 5.92 Å². The van der Waals surface area contributed by atoms with Crippen LogP contribution in [0.5, 0.6) is 0 Å². The van der Waals surface area contributed by atoms with E-state index in [1.807, 2.05) is 12.2 Å². The summed E-state index contributed by atoms with van der Waals surface area (Å²) in [6.07, 6.45) is 4.27. The average molecular weight is 206 g/mol. The molecule has 80 valence electrons. The summed E-state index contributed by atoms with van der Waals surface area (Å²) >= 11 is 0. The quantitative estimate of drug-likeness (QED) is 0.514. The van der Waals surface area contributed by atoms with Gasteiger partial charge in [0.2, 0.25) is 0 Å². The molecule has 0 spiro atoms. The first-order valence-electron chi connectivity index (χ1n) is 5.24. The smallest absolute Gasteiger partial charge is 0.140 e. The van der Waals surface area contributed by atoms with Gasteiger partial charge in [-0.25, -0.2) is 0 Å². The van der Waals surface area contributed by atoms with Crippen molar-refractivity contribution in [1.29, 1.82) is 0 Å². The average Bonchev–Trinajstić information content (AvgIpc) is 2.41. The number of allylic oxidation sites excluding steroid dienone is 2. The van der Waals surface area contributed by atoms with Gasteiger partial charge in [0.15, 0.2) is 0 Å². The lowest BCUT2D eigenvalue weighted by atomic mass is 9.66. The van der Waals surface area contributed by atoms with E-state index in [0.717, 1.165) is 0 Å². The van der Waals surface area contributed by atoms with Crippen molar-refractivity contribution in [3.63, 3.8) is 0 Å². The standard InChI is InChI=1S/C12H14O3/c1-6(13)12(7(2)14)9-4-3-8-10(9)5-11(8)15/h3-4,8-10,12H,5H2,1-2H3/t8-,9-,10-/m0/s1. The molecule has 15 heavy (non-hydrogen) atoms. The van der Waals surface area contributed by atoms with E-state index in [9.17, 15) is 14.4 Å². The Balaban J connectivity index is 2.18. The zero-order valence-corrected chi connectivity index (χ0v) is 8.90. The third kappa shape index (κ3) is 1.46. The van der Waals surface area contributed by atoms with Gasteiger partial charge in [0.25, 0.3) is 0 Å². The van der Waals surface area contributed by atoms with Crippen molar-refractivity contribution in [2.24, 2.45) is 23.7 Å². The summed E-state index contributed by atoms with van der Waals surface area (Å²) in [5, 5.41) is 0. The Morgan fingerprint density at radius 2 is 1.87 bits per heavy atom. The minimum absolute atomic E-state index is 0.0174. The maximum Gasteiger partial charge on any atom is 0.140 e. The van der Waals surface area contributed by atoms with Crippen LogP contribution in [0.2, 0.25) is 0 Å². The van der Waals surface area contributed by atoms with Crippen LogP contribution in [-0.2, 0) is 14.4 Å². The molecule has 0 aromatic carbocycles. The van der Waals surface area contributed by atoms with Crippen LogP contribution in [0.4, 0.5) is 0 Å². The van der Waals surface area contributed by atoms with Gasteiger partial charge in [-0.2, -0.15) is 0 Å². The number of hydrogen-bond donors (Lipinski definition) is 0. The van der Waals surface area contributed by atoms with Crippen molar-refractivity contribution in [2.75, 3.05) is 0 Å². The third-order valence-electron chi connectivity index (χ3n) is 3.57. The highest BCUT2D eigenvalue weighted by molar-refractivity contribution is 6.01. The highest BCUT2D eigenvalue weighted by Crippen LogP contribution is 2.46. The molecular formula is C12H14O3. The maximum absolute atomic E-state index is 11.4. The number of fused-ring (bicyclic) bond motifs is 1. The van der Waals surface area contributed by atoms with Crippen LogP contribution in [0.25, 0.3) is 0 Å². The molecule has 0 bridgehead atoms. The van der Waals surface area contributed by atoms with E-state index in [4.69, 9.17) is 0 Å². The van der Waals surface area contributed by atoms with Crippen LogP contribution in [0, 0.1) is 23.7 Å². The molecule has 2 aliphatic carbocycles. The SMILES string of the molecule is CC(=O)C(C(C)=O)[C@H]1C=C[C@@H]2C(=O)C[C@@H]21. The van der Waals surface area contributed by atoms with E-state index < -0.39 is 5.92 Å². The third-order valence-corrected chi connectivity index (χ3v) is 3.57. The molecule has 0 aromatic rings. The second kappa shape index (κ2) is 3.40. The van der Waals surface area contributed by atoms with Gasteiger partial charge in [0.1, 0.15) is 17.3 Å². The zero-order valence-electron chi connectivity index (χ0n) is 8.90. The predicted molar refractivity (Wildman–Crippen MR) is 54.1 cm³/mol. The van der Waals surface area contributed by atoms with Crippen LogP contribution in [0.15, 0.2) is 12.2 Å². The van der Waals surface area contributed by atoms with Crippen molar-refractivity contribution in [2.45, 2.75) is 20.3 Å². The molecule has 0 unspecified atom stereocenters. The number of Topliss-reactive ketones (excluding diaryl/α,β-unsaturated/α-hetero) is 3. The van der Waals surface area contributed by atoms with E-state index >= 15 is 0 Å². The molecule has 0 radical (unpaired) electrons. The van der Waals surface area contributed by atoms with E-state index in [-0.39, 0.29) is 35.1 Å². The number of ketones is 3. The Morgan fingerprint density at radius 1 is 1.27 bits per heavy atom. The molecule has 3 heteroatoms. The van der Waals surface area contributed by atoms with Gasteiger partial charge < -0.3 is 0 Å². The fourth-order valence-corrected chi connectivity index (χ4v) is 2.78. The van der Waals surface area contributed by atoms with Crippen molar-refractivity contribution in [3.05, 3.63) is 12.2 Å². The van der Waals surface area contributed by atoms with Crippen molar-refractivity contribution in [1.82, 2.24) is 0 Å². The summed E-state index contributed by atoms with van der Waals surface area (Å²) in [4.78, 5) is 34.0. The van der Waals surface area contributed by atoms with Gasteiger partial charge in [-0.1, -0.05) is 12.2 Å². The van der Waals surface area contributed by atoms with Crippen LogP contribution >= 0.6 is 0 Å². The second-order valence-electron chi connectivity index (χ2n) is 4.52. The second-order valence-corrected chi connectivity index (χ2v) is 4.52. The minimum Gasteiger partial charge on any atom is -0.299 e. The molecular weight excluding hydrogens is 192 g/mol. The van der Waals surface area contributed by atoms with Crippen molar-refractivity contribution in [3.8, 4) is 0 Å². The molecule has 0 N–H and O–H groups in total. The first-order chi connectivity index (χ1) is 7.02. The Bertz CT molecular complexity index is 353. The zero-order chi connectivity index (χ0) is 11.2.